The van der Waals surface area contributed by atoms with E-state index < -0.39 is 77.2 Å². The second-order valence-electron chi connectivity index (χ2n) is 20.6. The zero-order valence-corrected chi connectivity index (χ0v) is 63.1. The lowest BCUT2D eigenvalue weighted by Gasteiger charge is -2.22. The van der Waals surface area contributed by atoms with E-state index in [1.54, 1.807) is 249 Å². The molecule has 28 nitrogen and oxygen atoms in total. The van der Waals surface area contributed by atoms with Gasteiger partial charge in [-0.1, -0.05) is 205 Å². The number of hydroxylamine groups is 2. The molecule has 0 aromatic heterocycles. The maximum atomic E-state index is 12.0. The van der Waals surface area contributed by atoms with Gasteiger partial charge in [0.2, 0.25) is 0 Å². The molecule has 4 atom stereocenters. The van der Waals surface area contributed by atoms with Crippen molar-refractivity contribution >= 4 is 124 Å². The van der Waals surface area contributed by atoms with E-state index in [1.807, 2.05) is 41.9 Å². The standard InChI is InChI=1S/2C17H17NO5.C14H10ClNO4.C10H10O2.C7H4Cl2O.C7H5ClO2.C7H7NO3.ClH.H3NO/c1-22-16(20)14(15(19)12-8-4-2-5-9-12)18-17(21)23-13-10-6-3-7-11-13;1-22-16(20)15(19)14(12-8-4-2-5-9-12)18-17(21)23-13-10-6-3-7-11-13;15-11-8-6-10(7-9-11)13(17)20-16-14(18)19-12-4-2-1-3-5-12;1-12-10(11)8-7-9-5-3-2-4-6-9;8-6-3-1-5(2-4-6)7(9)10;8-7(9)10-6-4-2-1-3-5-6;9-7(8-10)11-6-4-2-1-3-5-6;;1-2/h2*2-11,14-15,19H,1H3,(H,18,21);1-9H,(H,16,18);2-8H,1H3;1-4H;1-5H;1-5,10H,(H,8,9);1H;2H,1H2/b;;;8-7+;;;;;/t2*14-,15+;;;;;;;/m01......./s1. The number of carbonyl (C=O) groups excluding carboxylic acids is 10. The Morgan fingerprint density at radius 3 is 1.11 bits per heavy atom. The van der Waals surface area contributed by atoms with Crippen molar-refractivity contribution in [2.45, 2.75) is 24.3 Å². The highest BCUT2D eigenvalue weighted by Crippen LogP contribution is 2.22. The number of nitrogens with two attached hydrogens (primary N) is 1. The van der Waals surface area contributed by atoms with Gasteiger partial charge < -0.3 is 68.8 Å². The minimum atomic E-state index is -1.55. The van der Waals surface area contributed by atoms with Gasteiger partial charge >= 0.3 is 53.7 Å². The number of aliphatic hydroxyl groups is 2. The van der Waals surface area contributed by atoms with Crippen LogP contribution >= 0.6 is 58.8 Å². The summed E-state index contributed by atoms with van der Waals surface area (Å²) in [6.07, 6.45) is -3.12. The molecule has 4 amide bonds. The SMILES string of the molecule is COC(=O)/C=C/c1ccccc1.COC(=O)[C@@H](NC(=O)Oc1ccccc1)[C@H](O)c1ccccc1.COC(=O)[C@@H](O)[C@H](NC(=O)Oc1ccccc1)c1ccccc1.Cl.NO.O=C(Cl)Oc1ccccc1.O=C(Cl)c1ccc(Cl)cc1.O=C(NO)Oc1ccccc1.O=C(NOC(=O)c1ccc(Cl)cc1)Oc1ccccc1. The number of methoxy groups -OCH3 is 3. The van der Waals surface area contributed by atoms with Gasteiger partial charge in [0.15, 0.2) is 12.1 Å². The second kappa shape index (κ2) is 56.5. The number of carbonyl (C=O) groups is 10. The number of hydrogen-bond acceptors (Lipinski definition) is 24. The second-order valence-corrected chi connectivity index (χ2v) is 22.1. The lowest BCUT2D eigenvalue weighted by molar-refractivity contribution is -0.152. The smallest absolute Gasteiger partial charge is 0.446 e. The Hall–Kier alpha value is -12.7. The molecule has 0 heterocycles. The van der Waals surface area contributed by atoms with E-state index in [0.29, 0.717) is 55.5 Å². The summed E-state index contributed by atoms with van der Waals surface area (Å²) >= 11 is 21.4. The van der Waals surface area contributed by atoms with Crippen molar-refractivity contribution in [3.8, 4) is 28.7 Å². The third kappa shape index (κ3) is 40.5. The summed E-state index contributed by atoms with van der Waals surface area (Å²) in [5, 5.41) is 40.4. The lowest BCUT2D eigenvalue weighted by Crippen LogP contribution is -2.46. The van der Waals surface area contributed by atoms with Gasteiger partial charge in [-0.15, -0.1) is 17.9 Å². The summed E-state index contributed by atoms with van der Waals surface area (Å²) in [5.41, 5.74) is 5.18. The van der Waals surface area contributed by atoms with Crippen molar-refractivity contribution in [3.05, 3.63) is 335 Å². The molecule has 112 heavy (non-hydrogen) atoms. The van der Waals surface area contributed by atoms with Crippen molar-refractivity contribution in [2.75, 3.05) is 21.3 Å². The average molecular weight is 1640 g/mol. The van der Waals surface area contributed by atoms with E-state index in [9.17, 15) is 58.2 Å². The first kappa shape index (κ1) is 95.4. The minimum absolute atomic E-state index is 0. The summed E-state index contributed by atoms with van der Waals surface area (Å²) in [6, 6.07) is 79.2. The Kier molecular flexibility index (Phi) is 48.1. The number of hydrogen-bond donors (Lipinski definition) is 9. The van der Waals surface area contributed by atoms with Gasteiger partial charge in [-0.3, -0.25) is 10.0 Å². The molecule has 0 aliphatic rings. The molecule has 0 aliphatic heterocycles. The summed E-state index contributed by atoms with van der Waals surface area (Å²) < 4.78 is 37.8. The van der Waals surface area contributed by atoms with Gasteiger partial charge in [-0.25, -0.2) is 54.5 Å². The van der Waals surface area contributed by atoms with E-state index in [-0.39, 0.29) is 23.9 Å². The monoisotopic (exact) mass is 1640 g/mol. The normalized spacial score (nSPS) is 10.6. The molecule has 10 aromatic rings. The molecule has 0 unspecified atom stereocenters. The van der Waals surface area contributed by atoms with E-state index in [2.05, 4.69) is 45.1 Å². The van der Waals surface area contributed by atoms with Crippen LogP contribution < -0.4 is 51.2 Å². The predicted octanol–water partition coefficient (Wildman–Crippen LogP) is 15.2. The first-order valence-electron chi connectivity index (χ1n) is 31.8. The number of halogens is 5. The van der Waals surface area contributed by atoms with E-state index in [1.165, 1.54) is 37.9 Å². The molecule has 0 saturated heterocycles. The molecule has 33 heteroatoms. The Bertz CT molecular complexity index is 4420. The van der Waals surface area contributed by atoms with Gasteiger partial charge in [0, 0.05) is 33.3 Å². The van der Waals surface area contributed by atoms with Crippen molar-refractivity contribution in [3.63, 3.8) is 0 Å². The molecular weight excluding hydrogens is 1560 g/mol. The highest BCUT2D eigenvalue weighted by molar-refractivity contribution is 6.67. The Morgan fingerprint density at radius 2 is 0.741 bits per heavy atom. The van der Waals surface area contributed by atoms with E-state index in [4.69, 9.17) is 71.0 Å². The first-order chi connectivity index (χ1) is 53.5. The van der Waals surface area contributed by atoms with E-state index in [0.717, 1.165) is 12.7 Å². The van der Waals surface area contributed by atoms with Crippen molar-refractivity contribution in [2.24, 2.45) is 5.90 Å². The Balaban J connectivity index is 0.000000453. The molecule has 10 aromatic carbocycles. The quantitative estimate of drug-likeness (QED) is 0.0102. The van der Waals surface area contributed by atoms with Gasteiger partial charge in [0.1, 0.15) is 34.9 Å². The largest absolute Gasteiger partial charge is 0.467 e. The third-order valence-electron chi connectivity index (χ3n) is 13.0. The molecule has 0 radical (unpaired) electrons. The number of ether oxygens (including phenoxy) is 8. The molecule has 0 saturated carbocycles. The summed E-state index contributed by atoms with van der Waals surface area (Å²) in [5.74, 6) is 2.69. The van der Waals surface area contributed by atoms with Gasteiger partial charge in [0.25, 0.3) is 5.24 Å². The zero-order chi connectivity index (χ0) is 81.6. The van der Waals surface area contributed by atoms with Crippen LogP contribution in [-0.4, -0.2) is 113 Å². The van der Waals surface area contributed by atoms with Crippen LogP contribution in [0.5, 0.6) is 28.7 Å². The summed E-state index contributed by atoms with van der Waals surface area (Å²) in [4.78, 5) is 117. The molecular formula is C79H74Cl5N5O23. The fourth-order valence-electron chi connectivity index (χ4n) is 7.93. The van der Waals surface area contributed by atoms with E-state index >= 15 is 0 Å². The number of rotatable bonds is 17. The number of esters is 3. The van der Waals surface area contributed by atoms with Gasteiger partial charge in [-0.2, -0.15) is 0 Å². The summed E-state index contributed by atoms with van der Waals surface area (Å²) in [7, 11) is 3.70. The number of nitrogens with one attached hydrogen (secondary N) is 4. The van der Waals surface area contributed by atoms with Gasteiger partial charge in [-0.05, 0) is 144 Å². The highest BCUT2D eigenvalue weighted by Gasteiger charge is 2.32. The minimum Gasteiger partial charge on any atom is -0.467 e. The predicted molar refractivity (Wildman–Crippen MR) is 416 cm³/mol. The number of para-hydroxylation sites is 5. The van der Waals surface area contributed by atoms with Crippen molar-refractivity contribution in [1.29, 1.82) is 0 Å². The van der Waals surface area contributed by atoms with Crippen molar-refractivity contribution < 1.29 is 111 Å². The van der Waals surface area contributed by atoms with Crippen LogP contribution in [0.2, 0.25) is 10.0 Å². The highest BCUT2D eigenvalue weighted by atomic mass is 35.5. The van der Waals surface area contributed by atoms with Crippen LogP contribution in [0.15, 0.2) is 297 Å². The third-order valence-corrected chi connectivity index (χ3v) is 13.8. The maximum absolute atomic E-state index is 12.0. The molecule has 0 aliphatic carbocycles. The zero-order valence-electron chi connectivity index (χ0n) is 59.2. The fraction of sp³-hybridized carbons (Fsp3) is 0.0886. The van der Waals surface area contributed by atoms with Gasteiger partial charge in [0.05, 0.1) is 32.9 Å². The molecule has 0 fully saturated rings. The molecule has 588 valence electrons. The molecule has 0 bridgehead atoms. The summed E-state index contributed by atoms with van der Waals surface area (Å²) in [6.45, 7) is 0. The van der Waals surface area contributed by atoms with Crippen LogP contribution in [0, 0.1) is 0 Å². The van der Waals surface area contributed by atoms with Crippen LogP contribution in [0.3, 0.4) is 0 Å². The number of amides is 4. The number of benzene rings is 10. The van der Waals surface area contributed by atoms with Crippen LogP contribution in [-0.2, 0) is 33.4 Å². The van der Waals surface area contributed by atoms with Crippen molar-refractivity contribution in [1.82, 2.24) is 21.6 Å². The Labute approximate surface area is 668 Å². The number of aliphatic hydroxyl groups excluding tert-OH is 2. The first-order valence-corrected chi connectivity index (χ1v) is 33.3. The average Bonchev–Trinajstić information content (AvgIpc) is 0.800. The molecule has 10 rings (SSSR count). The van der Waals surface area contributed by atoms with Crippen LogP contribution in [0.4, 0.5) is 24.0 Å². The van der Waals surface area contributed by atoms with Crippen LogP contribution in [0.25, 0.3) is 6.08 Å². The Morgan fingerprint density at radius 1 is 0.402 bits per heavy atom. The lowest BCUT2D eigenvalue weighted by atomic mass is 10.0. The molecule has 10 N–H and O–H groups in total. The topological polar surface area (TPSA) is 409 Å². The van der Waals surface area contributed by atoms with Crippen LogP contribution in [0.1, 0.15) is 49.6 Å². The fourth-order valence-corrected chi connectivity index (χ4v) is 8.40. The maximum Gasteiger partial charge on any atom is 0.446 e. The molecule has 0 spiro atoms.